The summed E-state index contributed by atoms with van der Waals surface area (Å²) in [7, 11) is 0. The Bertz CT molecular complexity index is 1780. The van der Waals surface area contributed by atoms with Gasteiger partial charge in [-0.05, 0) is 72.9 Å². The molecule has 7 rings (SSSR count). The topological polar surface area (TPSA) is 40.6 Å². The highest BCUT2D eigenvalue weighted by Crippen LogP contribution is 2.48. The van der Waals surface area contributed by atoms with Crippen LogP contribution < -0.4 is 4.90 Å². The molecule has 0 atom stereocenters. The van der Waals surface area contributed by atoms with Crippen molar-refractivity contribution in [2.24, 2.45) is 0 Å². The number of hydrogen-bond acceptors (Lipinski definition) is 3. The number of carbonyl (C=O) groups is 2. The number of carbonyl (C=O) groups excluding carboxylic acids is 2. The molecule has 216 valence electrons. The Balaban J connectivity index is 1.41. The predicted octanol–water partition coefficient (Wildman–Crippen LogP) is 8.32. The van der Waals surface area contributed by atoms with Gasteiger partial charge >= 0.3 is 0 Å². The van der Waals surface area contributed by atoms with Crippen molar-refractivity contribution in [1.29, 1.82) is 0 Å². The second-order valence-corrected chi connectivity index (χ2v) is 12.2. The molecule has 4 heteroatoms. The van der Waals surface area contributed by atoms with E-state index in [1.807, 2.05) is 0 Å². The zero-order valence-corrected chi connectivity index (χ0v) is 25.2. The fourth-order valence-electron chi connectivity index (χ4n) is 7.15. The molecule has 0 aromatic heterocycles. The summed E-state index contributed by atoms with van der Waals surface area (Å²) in [5.74, 6) is -0.496. The Morgan fingerprint density at radius 3 is 1.50 bits per heavy atom. The Kier molecular flexibility index (Phi) is 6.58. The maximum absolute atomic E-state index is 13.4. The van der Waals surface area contributed by atoms with Gasteiger partial charge in [0.1, 0.15) is 6.67 Å². The van der Waals surface area contributed by atoms with E-state index < -0.39 is 11.0 Å². The van der Waals surface area contributed by atoms with Crippen LogP contribution in [0.4, 0.5) is 5.69 Å². The summed E-state index contributed by atoms with van der Waals surface area (Å²) in [4.78, 5) is 30.3. The number of imide groups is 1. The van der Waals surface area contributed by atoms with Crippen molar-refractivity contribution in [3.63, 3.8) is 0 Å². The van der Waals surface area contributed by atoms with Crippen LogP contribution in [0.5, 0.6) is 0 Å². The monoisotopic (exact) mass is 574 g/mol. The van der Waals surface area contributed by atoms with Crippen LogP contribution in [-0.4, -0.2) is 28.9 Å². The SMILES string of the molecule is CC1=CC(C)(C)N(CN2C(=O)c3ccccc3C2=O)c2ccc(C(c3ccccc3)(c3ccccc3)c3ccccc3)cc21. The molecule has 0 unspecified atom stereocenters. The fourth-order valence-corrected chi connectivity index (χ4v) is 7.15. The molecule has 44 heavy (non-hydrogen) atoms. The van der Waals surface area contributed by atoms with Gasteiger partial charge < -0.3 is 4.90 Å². The minimum atomic E-state index is -0.570. The summed E-state index contributed by atoms with van der Waals surface area (Å²) in [6.07, 6.45) is 2.24. The molecule has 0 fully saturated rings. The maximum atomic E-state index is 13.4. The first-order chi connectivity index (χ1) is 21.3. The third-order valence-corrected chi connectivity index (χ3v) is 9.19. The van der Waals surface area contributed by atoms with Crippen LogP contribution in [0, 0.1) is 0 Å². The van der Waals surface area contributed by atoms with E-state index in [1.165, 1.54) is 21.6 Å². The predicted molar refractivity (Wildman–Crippen MR) is 177 cm³/mol. The van der Waals surface area contributed by atoms with Gasteiger partial charge in [-0.1, -0.05) is 115 Å². The minimum absolute atomic E-state index is 0.163. The van der Waals surface area contributed by atoms with Gasteiger partial charge in [0.05, 0.1) is 22.1 Å². The number of amides is 2. The molecule has 2 amide bonds. The molecule has 2 aliphatic rings. The molecule has 0 saturated heterocycles. The van der Waals surface area contributed by atoms with Gasteiger partial charge in [0.2, 0.25) is 0 Å². The number of nitrogens with zero attached hydrogens (tertiary/aromatic N) is 2. The third kappa shape index (κ3) is 4.21. The van der Waals surface area contributed by atoms with Gasteiger partial charge in [0.25, 0.3) is 11.8 Å². The van der Waals surface area contributed by atoms with Crippen LogP contribution in [0.2, 0.25) is 0 Å². The van der Waals surface area contributed by atoms with Crippen LogP contribution >= 0.6 is 0 Å². The van der Waals surface area contributed by atoms with Crippen LogP contribution in [0.3, 0.4) is 0 Å². The second-order valence-electron chi connectivity index (χ2n) is 12.2. The van der Waals surface area contributed by atoms with E-state index in [0.29, 0.717) is 11.1 Å². The summed E-state index contributed by atoms with van der Waals surface area (Å²) in [5, 5.41) is 0. The van der Waals surface area contributed by atoms with Crippen molar-refractivity contribution < 1.29 is 9.59 Å². The first-order valence-corrected chi connectivity index (χ1v) is 15.1. The molecule has 4 nitrogen and oxygen atoms in total. The highest BCUT2D eigenvalue weighted by molar-refractivity contribution is 6.21. The lowest BCUT2D eigenvalue weighted by Crippen LogP contribution is -2.52. The van der Waals surface area contributed by atoms with Gasteiger partial charge in [-0.15, -0.1) is 0 Å². The molecule has 5 aromatic rings. The van der Waals surface area contributed by atoms with Crippen molar-refractivity contribution in [1.82, 2.24) is 4.90 Å². The number of rotatable bonds is 6. The summed E-state index contributed by atoms with van der Waals surface area (Å²) in [5.41, 5.74) is 7.86. The molecule has 0 N–H and O–H groups in total. The van der Waals surface area contributed by atoms with E-state index in [2.05, 4.69) is 141 Å². The number of allylic oxidation sites excluding steroid dienone is 1. The van der Waals surface area contributed by atoms with Gasteiger partial charge in [-0.25, -0.2) is 0 Å². The van der Waals surface area contributed by atoms with E-state index >= 15 is 0 Å². The summed E-state index contributed by atoms with van der Waals surface area (Å²) in [6, 6.07) is 45.8. The molecule has 0 aliphatic carbocycles. The van der Waals surface area contributed by atoms with Crippen molar-refractivity contribution in [3.05, 3.63) is 178 Å². The first kappa shape index (κ1) is 27.6. The van der Waals surface area contributed by atoms with Crippen molar-refractivity contribution >= 4 is 23.1 Å². The average molecular weight is 575 g/mol. The van der Waals surface area contributed by atoms with Crippen LogP contribution in [0.15, 0.2) is 140 Å². The quantitative estimate of drug-likeness (QED) is 0.151. The lowest BCUT2D eigenvalue weighted by Gasteiger charge is -2.45. The number of benzene rings is 5. The molecule has 0 saturated carbocycles. The molecule has 2 heterocycles. The van der Waals surface area contributed by atoms with Gasteiger partial charge in [0, 0.05) is 11.3 Å². The number of fused-ring (bicyclic) bond motifs is 2. The van der Waals surface area contributed by atoms with E-state index in [9.17, 15) is 9.59 Å². The van der Waals surface area contributed by atoms with E-state index in [-0.39, 0.29) is 18.5 Å². The second kappa shape index (κ2) is 10.5. The molecular weight excluding hydrogens is 540 g/mol. The largest absolute Gasteiger partial charge is 0.344 e. The lowest BCUT2D eigenvalue weighted by atomic mass is 9.64. The van der Waals surface area contributed by atoms with E-state index in [4.69, 9.17) is 0 Å². The number of hydrogen-bond donors (Lipinski definition) is 0. The maximum Gasteiger partial charge on any atom is 0.263 e. The lowest BCUT2D eigenvalue weighted by molar-refractivity contribution is 0.0648. The van der Waals surface area contributed by atoms with Crippen LogP contribution in [0.25, 0.3) is 5.57 Å². The Labute approximate surface area is 258 Å². The Morgan fingerprint density at radius 1 is 0.568 bits per heavy atom. The van der Waals surface area contributed by atoms with Gasteiger partial charge in [-0.2, -0.15) is 0 Å². The van der Waals surface area contributed by atoms with Crippen molar-refractivity contribution in [2.45, 2.75) is 31.7 Å². The van der Waals surface area contributed by atoms with Gasteiger partial charge in [0.15, 0.2) is 0 Å². The molecule has 0 spiro atoms. The highest BCUT2D eigenvalue weighted by atomic mass is 16.2. The van der Waals surface area contributed by atoms with Crippen LogP contribution in [0.1, 0.15) is 69.3 Å². The Hall–Kier alpha value is -5.22. The summed E-state index contributed by atoms with van der Waals surface area (Å²) in [6.45, 7) is 6.58. The zero-order chi connectivity index (χ0) is 30.5. The highest BCUT2D eigenvalue weighted by Gasteiger charge is 2.42. The summed E-state index contributed by atoms with van der Waals surface area (Å²) < 4.78 is 0. The van der Waals surface area contributed by atoms with Crippen molar-refractivity contribution in [2.75, 3.05) is 11.6 Å². The molecular formula is C40H34N2O2. The van der Waals surface area contributed by atoms with Gasteiger partial charge in [-0.3, -0.25) is 14.5 Å². The molecule has 2 aliphatic heterocycles. The zero-order valence-electron chi connectivity index (χ0n) is 25.2. The molecule has 0 radical (unpaired) electrons. The average Bonchev–Trinajstić information content (AvgIpc) is 3.29. The third-order valence-electron chi connectivity index (χ3n) is 9.19. The molecule has 5 aromatic carbocycles. The fraction of sp³-hybridized carbons (Fsp3) is 0.150. The minimum Gasteiger partial charge on any atom is -0.344 e. The normalized spacial score (nSPS) is 15.6. The standard InChI is InChI=1S/C40H34N2O2/c1-28-26-39(2,3)42(27-41-37(43)33-21-13-14-22-34(33)38(41)44)36-24-23-32(25-35(28)36)40(29-15-7-4-8-16-29,30-17-9-5-10-18-30)31-19-11-6-12-20-31/h4-26H,27H2,1-3H3. The molecule has 0 bridgehead atoms. The van der Waals surface area contributed by atoms with E-state index in [0.717, 1.165) is 22.4 Å². The van der Waals surface area contributed by atoms with E-state index in [1.54, 1.807) is 24.3 Å². The smallest absolute Gasteiger partial charge is 0.263 e. The Morgan fingerprint density at radius 2 is 1.02 bits per heavy atom. The van der Waals surface area contributed by atoms with Crippen molar-refractivity contribution in [3.8, 4) is 0 Å². The first-order valence-electron chi connectivity index (χ1n) is 15.1. The summed E-state index contributed by atoms with van der Waals surface area (Å²) >= 11 is 0. The number of anilines is 1. The van der Waals surface area contributed by atoms with Crippen LogP contribution in [-0.2, 0) is 5.41 Å².